The van der Waals surface area contributed by atoms with Crippen LogP contribution in [0.1, 0.15) is 24.0 Å². The van der Waals surface area contributed by atoms with Crippen LogP contribution in [-0.4, -0.2) is 30.6 Å². The van der Waals surface area contributed by atoms with E-state index in [9.17, 15) is 31.1 Å². The lowest BCUT2D eigenvalue weighted by atomic mass is 10.2. The summed E-state index contributed by atoms with van der Waals surface area (Å²) in [6.45, 7) is 0.690. The second-order valence-electron chi connectivity index (χ2n) is 6.98. The van der Waals surface area contributed by atoms with Crippen LogP contribution in [0.25, 0.3) is 0 Å². The van der Waals surface area contributed by atoms with Gasteiger partial charge >= 0.3 is 18.4 Å². The van der Waals surface area contributed by atoms with Gasteiger partial charge in [0, 0.05) is 21.2 Å². The molecule has 0 spiro atoms. The highest BCUT2D eigenvalue weighted by molar-refractivity contribution is 7.99. The van der Waals surface area contributed by atoms with Gasteiger partial charge in [-0.1, -0.05) is 0 Å². The van der Waals surface area contributed by atoms with Gasteiger partial charge in [0.05, 0.1) is 11.1 Å². The molecular formula is C21H24F6N4OS2. The van der Waals surface area contributed by atoms with E-state index < -0.39 is 29.5 Å². The van der Waals surface area contributed by atoms with E-state index in [2.05, 4.69) is 10.6 Å². The zero-order valence-electron chi connectivity index (χ0n) is 17.9. The Morgan fingerprint density at radius 2 is 1.12 bits per heavy atom. The fourth-order valence-corrected chi connectivity index (χ4v) is 4.79. The molecule has 2 amide bonds. The molecule has 0 aliphatic heterocycles. The normalized spacial score (nSPS) is 12.0. The van der Waals surface area contributed by atoms with Crippen LogP contribution in [-0.2, 0) is 12.4 Å². The van der Waals surface area contributed by atoms with Crippen molar-refractivity contribution in [2.45, 2.75) is 35.0 Å². The molecule has 188 valence electrons. The Labute approximate surface area is 201 Å². The van der Waals surface area contributed by atoms with Crippen LogP contribution in [0.15, 0.2) is 46.2 Å². The first-order chi connectivity index (χ1) is 16.0. The lowest BCUT2D eigenvalue weighted by Crippen LogP contribution is -2.20. The van der Waals surface area contributed by atoms with Crippen LogP contribution in [0.3, 0.4) is 0 Å². The van der Waals surface area contributed by atoms with Crippen molar-refractivity contribution in [3.8, 4) is 0 Å². The Bertz CT molecular complexity index is 894. The molecule has 0 unspecified atom stereocenters. The lowest BCUT2D eigenvalue weighted by molar-refractivity contribution is -0.140. The number of nitrogens with two attached hydrogens (primary N) is 2. The molecule has 2 aromatic carbocycles. The summed E-state index contributed by atoms with van der Waals surface area (Å²) < 4.78 is 80.7. The molecule has 0 heterocycles. The predicted molar refractivity (Wildman–Crippen MR) is 124 cm³/mol. The van der Waals surface area contributed by atoms with Crippen LogP contribution in [0, 0.1) is 0 Å². The van der Waals surface area contributed by atoms with Gasteiger partial charge in [0.1, 0.15) is 0 Å². The van der Waals surface area contributed by atoms with E-state index in [4.69, 9.17) is 11.5 Å². The number of rotatable bonds is 10. The molecule has 5 nitrogen and oxygen atoms in total. The van der Waals surface area contributed by atoms with Gasteiger partial charge in [0.25, 0.3) is 0 Å². The van der Waals surface area contributed by atoms with Crippen LogP contribution < -0.4 is 22.1 Å². The molecule has 0 aliphatic rings. The molecule has 0 radical (unpaired) electrons. The summed E-state index contributed by atoms with van der Waals surface area (Å²) in [5.74, 6) is 0.795. The number of halogens is 6. The second kappa shape index (κ2) is 12.6. The summed E-state index contributed by atoms with van der Waals surface area (Å²) >= 11 is 1.99. The minimum absolute atomic E-state index is 0.00977. The summed E-state index contributed by atoms with van der Waals surface area (Å²) in [5.41, 5.74) is 8.58. The van der Waals surface area contributed by atoms with Crippen LogP contribution in [0.4, 0.5) is 42.5 Å². The highest BCUT2D eigenvalue weighted by atomic mass is 32.2. The largest absolute Gasteiger partial charge is 0.417 e. The molecule has 0 bridgehead atoms. The summed E-state index contributed by atoms with van der Waals surface area (Å²) in [4.78, 5) is 12.3. The van der Waals surface area contributed by atoms with Crippen molar-refractivity contribution in [2.24, 2.45) is 11.5 Å². The van der Waals surface area contributed by atoms with Crippen molar-refractivity contribution >= 4 is 40.9 Å². The number of benzene rings is 2. The fraction of sp³-hybridized carbons (Fsp3) is 0.381. The van der Waals surface area contributed by atoms with E-state index in [-0.39, 0.29) is 21.2 Å². The van der Waals surface area contributed by atoms with Gasteiger partial charge in [-0.15, -0.1) is 23.5 Å². The van der Waals surface area contributed by atoms with E-state index in [0.29, 0.717) is 37.4 Å². The number of hydrogen-bond acceptors (Lipinski definition) is 5. The second-order valence-corrected chi connectivity index (χ2v) is 9.25. The molecule has 0 atom stereocenters. The molecule has 0 aliphatic carbocycles. The maximum absolute atomic E-state index is 13.4. The van der Waals surface area contributed by atoms with E-state index >= 15 is 0 Å². The molecule has 13 heteroatoms. The van der Waals surface area contributed by atoms with Crippen molar-refractivity contribution < 1.29 is 31.1 Å². The van der Waals surface area contributed by atoms with Crippen molar-refractivity contribution in [2.75, 3.05) is 35.2 Å². The van der Waals surface area contributed by atoms with Crippen LogP contribution in [0.2, 0.25) is 0 Å². The number of carbonyl (C=O) groups is 1. The minimum atomic E-state index is -4.65. The third-order valence-corrected chi connectivity index (χ3v) is 6.62. The Kier molecular flexibility index (Phi) is 10.4. The number of thioether (sulfide) groups is 2. The third kappa shape index (κ3) is 8.60. The van der Waals surface area contributed by atoms with Crippen molar-refractivity contribution in [3.63, 3.8) is 0 Å². The lowest BCUT2D eigenvalue weighted by Gasteiger charge is -2.16. The van der Waals surface area contributed by atoms with Gasteiger partial charge in [-0.25, -0.2) is 4.79 Å². The fourth-order valence-electron chi connectivity index (χ4n) is 2.73. The van der Waals surface area contributed by atoms with E-state index in [1.165, 1.54) is 24.3 Å². The molecule has 0 aromatic heterocycles. The number of urea groups is 1. The van der Waals surface area contributed by atoms with Crippen molar-refractivity contribution in [3.05, 3.63) is 47.5 Å². The molecule has 34 heavy (non-hydrogen) atoms. The zero-order valence-corrected chi connectivity index (χ0v) is 19.5. The van der Waals surface area contributed by atoms with Crippen LogP contribution >= 0.6 is 23.5 Å². The first kappa shape index (κ1) is 28.1. The van der Waals surface area contributed by atoms with E-state index in [1.807, 2.05) is 0 Å². The Balaban J connectivity index is 2.17. The Hall–Kier alpha value is -2.09. The third-order valence-electron chi connectivity index (χ3n) is 4.30. The topological polar surface area (TPSA) is 93.2 Å². The highest BCUT2D eigenvalue weighted by Crippen LogP contribution is 2.40. The maximum atomic E-state index is 13.4. The number of alkyl halides is 6. The van der Waals surface area contributed by atoms with Gasteiger partial charge in [-0.05, 0) is 73.8 Å². The molecule has 0 fully saturated rings. The van der Waals surface area contributed by atoms with Gasteiger partial charge < -0.3 is 22.1 Å². The molecule has 0 saturated heterocycles. The van der Waals surface area contributed by atoms with Crippen molar-refractivity contribution in [1.82, 2.24) is 0 Å². The van der Waals surface area contributed by atoms with Gasteiger partial charge in [-0.3, -0.25) is 0 Å². The Morgan fingerprint density at radius 3 is 1.44 bits per heavy atom. The van der Waals surface area contributed by atoms with E-state index in [1.54, 1.807) is 0 Å². The highest BCUT2D eigenvalue weighted by Gasteiger charge is 2.35. The predicted octanol–water partition coefficient (Wildman–Crippen LogP) is 6.25. The minimum Gasteiger partial charge on any atom is -0.330 e. The first-order valence-electron chi connectivity index (χ1n) is 10.1. The quantitative estimate of drug-likeness (QED) is 0.167. The molecule has 2 rings (SSSR count). The summed E-state index contributed by atoms with van der Waals surface area (Å²) in [5, 5.41) is 4.46. The Morgan fingerprint density at radius 1 is 0.735 bits per heavy atom. The molecular weight excluding hydrogens is 502 g/mol. The van der Waals surface area contributed by atoms with E-state index in [0.717, 1.165) is 35.7 Å². The average Bonchev–Trinajstić information content (AvgIpc) is 2.74. The average molecular weight is 527 g/mol. The molecule has 0 saturated carbocycles. The summed E-state index contributed by atoms with van der Waals surface area (Å²) in [7, 11) is 0. The van der Waals surface area contributed by atoms with Crippen molar-refractivity contribution in [1.29, 1.82) is 0 Å². The van der Waals surface area contributed by atoms with Gasteiger partial charge in [0.2, 0.25) is 0 Å². The van der Waals surface area contributed by atoms with Gasteiger partial charge in [-0.2, -0.15) is 26.3 Å². The summed E-state index contributed by atoms with van der Waals surface area (Å²) in [6, 6.07) is 5.62. The number of hydrogen-bond donors (Lipinski definition) is 4. The SMILES string of the molecule is NCCCSc1ccc(NC(=O)Nc2ccc(SCCCN)c(C(F)(F)F)c2)cc1C(F)(F)F. The zero-order chi connectivity index (χ0) is 25.4. The van der Waals surface area contributed by atoms with Crippen LogP contribution in [0.5, 0.6) is 0 Å². The first-order valence-corrected chi connectivity index (χ1v) is 12.1. The number of anilines is 2. The monoisotopic (exact) mass is 526 g/mol. The smallest absolute Gasteiger partial charge is 0.330 e. The molecule has 6 N–H and O–H groups in total. The number of nitrogens with one attached hydrogen (secondary N) is 2. The number of amides is 2. The number of carbonyl (C=O) groups excluding carboxylic acids is 1. The summed E-state index contributed by atoms with van der Waals surface area (Å²) in [6.07, 6.45) is -8.24. The standard InChI is InChI=1S/C21H24F6N4OS2/c22-20(23,24)15-11-13(3-5-17(15)33-9-1-7-28)30-19(32)31-14-4-6-18(34-10-2-8-29)16(12-14)21(25,26)27/h3-6,11-12H,1-2,7-10,28-29H2,(H2,30,31,32). The molecule has 2 aromatic rings. The van der Waals surface area contributed by atoms with Gasteiger partial charge in [0.15, 0.2) is 0 Å². The maximum Gasteiger partial charge on any atom is 0.417 e.